The number of ether oxygens (including phenoxy) is 15. The van der Waals surface area contributed by atoms with E-state index >= 15 is 0 Å². The molecule has 6 aliphatic heterocycles. The van der Waals surface area contributed by atoms with E-state index in [0.29, 0.717) is 0 Å². The zero-order chi connectivity index (χ0) is 62.6. The molecule has 3 fully saturated rings. The topological polar surface area (TPSA) is 484 Å². The van der Waals surface area contributed by atoms with Gasteiger partial charge in [0.2, 0.25) is 18.9 Å². The highest BCUT2D eigenvalue weighted by Gasteiger charge is 2.51. The average molecular weight is 1220 g/mol. The summed E-state index contributed by atoms with van der Waals surface area (Å²) in [6, 6.07) is 0. The van der Waals surface area contributed by atoms with Crippen molar-refractivity contribution in [2.24, 2.45) is 17.8 Å². The van der Waals surface area contributed by atoms with Crippen LogP contribution in [-0.4, -0.2) is 270 Å². The Hall–Kier alpha value is -6.06. The molecule has 12 N–H and O–H groups in total. The first-order valence-electron chi connectivity index (χ1n) is 26.2. The molecule has 85 heavy (non-hydrogen) atoms. The molecular formula is C52H70O33. The molecular weight excluding hydrogens is 1150 g/mol. The van der Waals surface area contributed by atoms with Crippen LogP contribution in [0.15, 0.2) is 70.5 Å². The van der Waals surface area contributed by atoms with Gasteiger partial charge in [-0.05, 0) is 19.1 Å². The zero-order valence-electron chi connectivity index (χ0n) is 46.2. The van der Waals surface area contributed by atoms with E-state index in [4.69, 9.17) is 71.1 Å². The molecule has 0 aromatic heterocycles. The second kappa shape index (κ2) is 31.0. The molecule has 21 atom stereocenters. The van der Waals surface area contributed by atoms with Crippen LogP contribution < -0.4 is 0 Å². The molecule has 0 saturated carbocycles. The van der Waals surface area contributed by atoms with Gasteiger partial charge in [0.1, 0.15) is 86.5 Å². The van der Waals surface area contributed by atoms with Gasteiger partial charge in [-0.2, -0.15) is 0 Å². The van der Waals surface area contributed by atoms with Crippen molar-refractivity contribution >= 4 is 35.8 Å². The summed E-state index contributed by atoms with van der Waals surface area (Å²) >= 11 is 0. The molecule has 0 bridgehead atoms. The van der Waals surface area contributed by atoms with Gasteiger partial charge in [-0.25, -0.2) is 14.4 Å². The zero-order valence-corrected chi connectivity index (χ0v) is 46.2. The van der Waals surface area contributed by atoms with Crippen LogP contribution >= 0.6 is 0 Å². The number of esters is 6. The van der Waals surface area contributed by atoms with Gasteiger partial charge in [0.15, 0.2) is 18.9 Å². The van der Waals surface area contributed by atoms with Crippen molar-refractivity contribution in [2.45, 2.75) is 137 Å². The number of aliphatic hydroxyl groups is 12. The third-order valence-electron chi connectivity index (χ3n) is 14.5. The van der Waals surface area contributed by atoms with Crippen molar-refractivity contribution in [3.8, 4) is 0 Å². The van der Waals surface area contributed by atoms with Crippen LogP contribution in [0.5, 0.6) is 0 Å². The minimum absolute atomic E-state index is 0.0538. The third kappa shape index (κ3) is 15.7. The van der Waals surface area contributed by atoms with Gasteiger partial charge in [0.25, 0.3) is 0 Å². The SMILES string of the molecule is C/C=C1/[C@H](O[C@@H]2O[C@H](CO)[C@@H](O)[C@H](O)C2O)OC=C(C(=O)OC)[C@H]1CC(=O)OC/C=C1/[C@H](O[C@@H]2O[C@H](CO)[C@@H](O)[C@H](O)[C@H]2O)OC=C(C(=O)OC)[C@H]1CC(=O)OC/C=C1/[C@H](O[C@@H]2O[C@H](CO)[C@@H](O)[C@H](O)[C@H]2O)OC=C(C(=O)OC)[C@H]1CC(=O)OC. The molecule has 0 spiro atoms. The Balaban J connectivity index is 1.30. The maximum atomic E-state index is 14.1. The number of methoxy groups -OCH3 is 4. The smallest absolute Gasteiger partial charge is 0.337 e. The Morgan fingerprint density at radius 2 is 0.718 bits per heavy atom. The summed E-state index contributed by atoms with van der Waals surface area (Å²) < 4.78 is 81.9. The van der Waals surface area contributed by atoms with E-state index in [1.54, 1.807) is 0 Å². The van der Waals surface area contributed by atoms with Crippen LogP contribution in [-0.2, 0) is 99.8 Å². The lowest BCUT2D eigenvalue weighted by molar-refractivity contribution is -0.328. The number of carbonyl (C=O) groups is 6. The summed E-state index contributed by atoms with van der Waals surface area (Å²) in [5.41, 5.74) is -1.29. The fraction of sp³-hybridized carbons (Fsp3) is 0.654. The molecule has 33 heteroatoms. The van der Waals surface area contributed by atoms with Crippen molar-refractivity contribution in [1.82, 2.24) is 0 Å². The Morgan fingerprint density at radius 1 is 0.424 bits per heavy atom. The molecule has 6 heterocycles. The standard InChI is InChI=1S/C52H70O33/c1-6-20-23(26(44(68)72-3)17-77-47(20)83-50-41(65)38(62)35(59)29(14-53)80-50)12-33(57)75-10-8-22-25(28(46(70)74-5)19-79-49(22)85-52-43(67)40(64)37(61)31(16-55)82-52)13-34(58)76-9-7-21-24(11-32(56)71-2)27(45(69)73-4)18-78-48(21)84-51-42(66)39(63)36(60)30(15-54)81-51/h6-8,17-19,23-25,29-31,35-43,47-55,59-67H,9-16H2,1-5H3/b20-6+,21-7+,22-8+/t23-,24-,25-,29+,30+,31+,35+,36+,37+,38-,39-,40-,41?,42+,43+,47-,48-,49-,50-,51-,52-/m0/s1. The summed E-state index contributed by atoms with van der Waals surface area (Å²) in [6.45, 7) is -2.60. The van der Waals surface area contributed by atoms with E-state index in [1.807, 2.05) is 0 Å². The van der Waals surface area contributed by atoms with Gasteiger partial charge in [0.05, 0.1) is 103 Å². The van der Waals surface area contributed by atoms with Gasteiger partial charge >= 0.3 is 35.8 Å². The molecule has 3 saturated heterocycles. The first-order valence-corrected chi connectivity index (χ1v) is 26.2. The van der Waals surface area contributed by atoms with Crippen LogP contribution in [0.1, 0.15) is 26.2 Å². The summed E-state index contributed by atoms with van der Waals surface area (Å²) in [5, 5.41) is 124. The Labute approximate surface area is 482 Å². The number of rotatable bonds is 22. The Morgan fingerprint density at radius 3 is 1.00 bits per heavy atom. The van der Waals surface area contributed by atoms with E-state index < -0.39 is 222 Å². The number of hydrogen-bond donors (Lipinski definition) is 12. The molecule has 6 rings (SSSR count). The fourth-order valence-corrected chi connectivity index (χ4v) is 9.74. The lowest BCUT2D eigenvalue weighted by atomic mass is 9.85. The number of aliphatic hydroxyl groups excluding tert-OH is 12. The molecule has 6 aliphatic rings. The first-order chi connectivity index (χ1) is 40.5. The van der Waals surface area contributed by atoms with Crippen molar-refractivity contribution in [3.05, 3.63) is 70.5 Å². The van der Waals surface area contributed by atoms with Crippen molar-refractivity contribution in [2.75, 3.05) is 61.5 Å². The summed E-state index contributed by atoms with van der Waals surface area (Å²) in [4.78, 5) is 80.4. The van der Waals surface area contributed by atoms with E-state index in [0.717, 1.165) is 59.4 Å². The van der Waals surface area contributed by atoms with Crippen LogP contribution in [0.4, 0.5) is 0 Å². The minimum Gasteiger partial charge on any atom is -0.469 e. The maximum Gasteiger partial charge on any atom is 0.337 e. The molecule has 0 aromatic rings. The molecule has 0 aromatic carbocycles. The van der Waals surface area contributed by atoms with E-state index in [2.05, 4.69) is 0 Å². The summed E-state index contributed by atoms with van der Waals surface area (Å²) in [5.74, 6) is -10.3. The van der Waals surface area contributed by atoms with Crippen LogP contribution in [0.25, 0.3) is 0 Å². The Kier molecular flexibility index (Phi) is 24.8. The van der Waals surface area contributed by atoms with E-state index in [1.165, 1.54) is 13.0 Å². The van der Waals surface area contributed by atoms with Gasteiger partial charge in [0, 0.05) is 34.5 Å². The molecule has 0 amide bonds. The lowest BCUT2D eigenvalue weighted by Gasteiger charge is -2.42. The normalized spacial score (nSPS) is 37.2. The first kappa shape index (κ1) is 68.1. The van der Waals surface area contributed by atoms with Crippen molar-refractivity contribution < 1.29 is 161 Å². The predicted octanol–water partition coefficient (Wildman–Crippen LogP) is -6.25. The molecule has 33 nitrogen and oxygen atoms in total. The number of carbonyl (C=O) groups excluding carboxylic acids is 6. The van der Waals surface area contributed by atoms with Crippen molar-refractivity contribution in [3.63, 3.8) is 0 Å². The largest absolute Gasteiger partial charge is 0.469 e. The van der Waals surface area contributed by atoms with Crippen LogP contribution in [0.3, 0.4) is 0 Å². The van der Waals surface area contributed by atoms with Crippen LogP contribution in [0.2, 0.25) is 0 Å². The molecule has 0 radical (unpaired) electrons. The second-order valence-corrected chi connectivity index (χ2v) is 19.5. The molecule has 0 aliphatic carbocycles. The highest BCUT2D eigenvalue weighted by Crippen LogP contribution is 2.40. The van der Waals surface area contributed by atoms with E-state index in [-0.39, 0.29) is 27.9 Å². The number of hydrogen-bond acceptors (Lipinski definition) is 33. The summed E-state index contributed by atoms with van der Waals surface area (Å²) in [6.07, 6.45) is -27.9. The third-order valence-corrected chi connectivity index (χ3v) is 14.5. The number of allylic oxidation sites excluding steroid dienone is 1. The molecule has 1 unspecified atom stereocenters. The maximum absolute atomic E-state index is 14.1. The molecule has 476 valence electrons. The highest BCUT2D eigenvalue weighted by atomic mass is 16.8. The highest BCUT2D eigenvalue weighted by molar-refractivity contribution is 5.92. The van der Waals surface area contributed by atoms with Gasteiger partial charge in [-0.3, -0.25) is 14.4 Å². The van der Waals surface area contributed by atoms with E-state index in [9.17, 15) is 90.0 Å². The van der Waals surface area contributed by atoms with Crippen LogP contribution in [0, 0.1) is 17.8 Å². The second-order valence-electron chi connectivity index (χ2n) is 19.5. The fourth-order valence-electron chi connectivity index (χ4n) is 9.74. The monoisotopic (exact) mass is 1220 g/mol. The minimum atomic E-state index is -2.04. The van der Waals surface area contributed by atoms with Gasteiger partial charge < -0.3 is 132 Å². The van der Waals surface area contributed by atoms with Gasteiger partial charge in [-0.1, -0.05) is 6.08 Å². The average Bonchev–Trinajstić information content (AvgIpc) is 3.64. The van der Waals surface area contributed by atoms with Crippen molar-refractivity contribution in [1.29, 1.82) is 0 Å². The predicted molar refractivity (Wildman–Crippen MR) is 268 cm³/mol. The van der Waals surface area contributed by atoms with Gasteiger partial charge in [-0.15, -0.1) is 0 Å². The Bertz CT molecular complexity index is 2540. The quantitative estimate of drug-likeness (QED) is 0.0273. The lowest BCUT2D eigenvalue weighted by Crippen LogP contribution is -2.60. The summed E-state index contributed by atoms with van der Waals surface area (Å²) in [7, 11) is 4.10.